The number of anilines is 1. The van der Waals surface area contributed by atoms with E-state index in [0.717, 1.165) is 28.9 Å². The summed E-state index contributed by atoms with van der Waals surface area (Å²) in [5.74, 6) is 1.60. The summed E-state index contributed by atoms with van der Waals surface area (Å²) in [7, 11) is 0. The van der Waals surface area contributed by atoms with Crippen molar-refractivity contribution in [3.05, 3.63) is 42.1 Å². The van der Waals surface area contributed by atoms with Crippen LogP contribution < -0.4 is 15.8 Å². The number of nitrogens with two attached hydrogens (primary N) is 1. The molecule has 6 heteroatoms. The predicted molar refractivity (Wildman–Crippen MR) is 104 cm³/mol. The first-order chi connectivity index (χ1) is 12.2. The van der Waals surface area contributed by atoms with Crippen LogP contribution in [0.5, 0.6) is 5.75 Å². The first-order valence-electron chi connectivity index (χ1n) is 8.65. The zero-order valence-electron chi connectivity index (χ0n) is 15.7. The fourth-order valence-electron chi connectivity index (χ4n) is 3.01. The second-order valence-corrected chi connectivity index (χ2v) is 7.38. The molecule has 0 aliphatic heterocycles. The molecule has 140 valence electrons. The minimum atomic E-state index is -1.14. The Morgan fingerprint density at radius 3 is 2.62 bits per heavy atom. The summed E-state index contributed by atoms with van der Waals surface area (Å²) in [6.07, 6.45) is 1.33. The molecule has 0 spiro atoms. The maximum Gasteiger partial charge on any atom is 0.410 e. The molecule has 1 unspecified atom stereocenters. The van der Waals surface area contributed by atoms with Crippen LogP contribution in [0.1, 0.15) is 32.8 Å². The maximum absolute atomic E-state index is 10.8. The maximum atomic E-state index is 10.8. The van der Waals surface area contributed by atoms with Crippen molar-refractivity contribution in [2.45, 2.75) is 39.7 Å². The van der Waals surface area contributed by atoms with E-state index < -0.39 is 6.09 Å². The van der Waals surface area contributed by atoms with Gasteiger partial charge in [0.15, 0.2) is 0 Å². The van der Waals surface area contributed by atoms with Crippen LogP contribution in [0, 0.1) is 12.8 Å². The van der Waals surface area contributed by atoms with Gasteiger partial charge >= 0.3 is 6.09 Å². The molecule has 26 heavy (non-hydrogen) atoms. The van der Waals surface area contributed by atoms with Crippen LogP contribution in [0.2, 0.25) is 0 Å². The molecule has 0 aliphatic rings. The van der Waals surface area contributed by atoms with Crippen molar-refractivity contribution in [2.24, 2.45) is 11.7 Å². The van der Waals surface area contributed by atoms with Gasteiger partial charge in [0.25, 0.3) is 0 Å². The fraction of sp³-hybridized carbons (Fsp3) is 0.400. The largest absolute Gasteiger partial charge is 0.491 e. The molecule has 0 aliphatic carbocycles. The Kier molecular flexibility index (Phi) is 6.21. The highest BCUT2D eigenvalue weighted by atomic mass is 16.5. The number of rotatable bonds is 7. The first kappa shape index (κ1) is 19.7. The summed E-state index contributed by atoms with van der Waals surface area (Å²) >= 11 is 0. The molecule has 6 nitrogen and oxygen atoms in total. The summed E-state index contributed by atoms with van der Waals surface area (Å²) in [4.78, 5) is 14.8. The molecule has 0 fully saturated rings. The van der Waals surface area contributed by atoms with E-state index in [-0.39, 0.29) is 5.54 Å². The number of hydrogen-bond acceptors (Lipinski definition) is 4. The molecule has 1 heterocycles. The number of pyridine rings is 1. The SMILES string of the molecule is Cc1cc(-c2ccnc(NC(=O)O)c2)ccc1OCC(C)(N)CC(C)C. The summed E-state index contributed by atoms with van der Waals surface area (Å²) in [6, 6.07) is 9.40. The van der Waals surface area contributed by atoms with Gasteiger partial charge in [0.2, 0.25) is 0 Å². The summed E-state index contributed by atoms with van der Waals surface area (Å²) in [5, 5.41) is 11.1. The Balaban J connectivity index is 2.13. The Labute approximate surface area is 154 Å². The number of nitrogens with one attached hydrogen (secondary N) is 1. The number of carboxylic acid groups (broad SMARTS) is 1. The van der Waals surface area contributed by atoms with Gasteiger partial charge in [-0.3, -0.25) is 5.32 Å². The van der Waals surface area contributed by atoms with Crippen molar-refractivity contribution >= 4 is 11.9 Å². The number of carbonyl (C=O) groups is 1. The zero-order chi connectivity index (χ0) is 19.3. The fourth-order valence-corrected chi connectivity index (χ4v) is 3.01. The standard InChI is InChI=1S/C20H27N3O3/c1-13(2)11-20(4,21)12-26-17-6-5-15(9-14(17)3)16-7-8-22-18(10-16)23-19(24)25/h5-10,13H,11-12,21H2,1-4H3,(H,22,23)(H,24,25). The number of amides is 1. The quantitative estimate of drug-likeness (QED) is 0.687. The van der Waals surface area contributed by atoms with E-state index in [1.807, 2.05) is 38.1 Å². The Morgan fingerprint density at radius 1 is 1.31 bits per heavy atom. The number of hydrogen-bond donors (Lipinski definition) is 3. The zero-order valence-corrected chi connectivity index (χ0v) is 15.7. The van der Waals surface area contributed by atoms with Gasteiger partial charge in [0, 0.05) is 11.7 Å². The van der Waals surface area contributed by atoms with E-state index in [9.17, 15) is 4.79 Å². The second kappa shape index (κ2) is 8.19. The van der Waals surface area contributed by atoms with E-state index in [4.69, 9.17) is 15.6 Å². The molecule has 0 radical (unpaired) electrons. The molecule has 1 aromatic heterocycles. The second-order valence-electron chi connectivity index (χ2n) is 7.38. The number of aryl methyl sites for hydroxylation is 1. The minimum Gasteiger partial charge on any atom is -0.491 e. The lowest BCUT2D eigenvalue weighted by Crippen LogP contribution is -2.43. The van der Waals surface area contributed by atoms with Gasteiger partial charge in [-0.05, 0) is 67.1 Å². The van der Waals surface area contributed by atoms with Crippen LogP contribution in [0.25, 0.3) is 11.1 Å². The normalized spacial score (nSPS) is 13.3. The molecular formula is C20H27N3O3. The van der Waals surface area contributed by atoms with Crippen molar-refractivity contribution < 1.29 is 14.6 Å². The predicted octanol–water partition coefficient (Wildman–Crippen LogP) is 4.29. The van der Waals surface area contributed by atoms with Crippen molar-refractivity contribution in [3.8, 4) is 16.9 Å². The van der Waals surface area contributed by atoms with Gasteiger partial charge < -0.3 is 15.6 Å². The van der Waals surface area contributed by atoms with E-state index in [0.29, 0.717) is 18.3 Å². The van der Waals surface area contributed by atoms with Crippen LogP contribution in [0.15, 0.2) is 36.5 Å². The van der Waals surface area contributed by atoms with E-state index in [2.05, 4.69) is 24.1 Å². The molecule has 4 N–H and O–H groups in total. The highest BCUT2D eigenvalue weighted by Crippen LogP contribution is 2.28. The summed E-state index contributed by atoms with van der Waals surface area (Å²) < 4.78 is 5.94. The highest BCUT2D eigenvalue weighted by Gasteiger charge is 2.21. The van der Waals surface area contributed by atoms with Crippen molar-refractivity contribution in [2.75, 3.05) is 11.9 Å². The molecule has 1 atom stereocenters. The minimum absolute atomic E-state index is 0.292. The van der Waals surface area contributed by atoms with E-state index in [1.165, 1.54) is 0 Å². The molecule has 1 aromatic carbocycles. The van der Waals surface area contributed by atoms with Gasteiger partial charge in [0.05, 0.1) is 0 Å². The Hall–Kier alpha value is -2.60. The van der Waals surface area contributed by atoms with Gasteiger partial charge in [-0.2, -0.15) is 0 Å². The molecule has 0 saturated heterocycles. The third-order valence-corrected chi connectivity index (χ3v) is 3.94. The monoisotopic (exact) mass is 357 g/mol. The third-order valence-electron chi connectivity index (χ3n) is 3.94. The molecular weight excluding hydrogens is 330 g/mol. The van der Waals surface area contributed by atoms with Crippen LogP contribution in [0.3, 0.4) is 0 Å². The van der Waals surface area contributed by atoms with Crippen molar-refractivity contribution in [1.82, 2.24) is 4.98 Å². The molecule has 2 rings (SSSR count). The lowest BCUT2D eigenvalue weighted by Gasteiger charge is -2.27. The van der Waals surface area contributed by atoms with Gasteiger partial charge in [0.1, 0.15) is 18.2 Å². The van der Waals surface area contributed by atoms with Gasteiger partial charge in [-0.15, -0.1) is 0 Å². The van der Waals surface area contributed by atoms with E-state index >= 15 is 0 Å². The van der Waals surface area contributed by atoms with Crippen LogP contribution >= 0.6 is 0 Å². The number of aromatic nitrogens is 1. The molecule has 0 saturated carbocycles. The van der Waals surface area contributed by atoms with Crippen molar-refractivity contribution in [1.29, 1.82) is 0 Å². The molecule has 1 amide bonds. The first-order valence-corrected chi connectivity index (χ1v) is 8.65. The molecule has 0 bridgehead atoms. The van der Waals surface area contributed by atoms with Gasteiger partial charge in [-0.1, -0.05) is 19.9 Å². The highest BCUT2D eigenvalue weighted by molar-refractivity contribution is 5.82. The van der Waals surface area contributed by atoms with Crippen LogP contribution in [-0.4, -0.2) is 28.3 Å². The van der Waals surface area contributed by atoms with Crippen molar-refractivity contribution in [3.63, 3.8) is 0 Å². The topological polar surface area (TPSA) is 97.5 Å². The smallest absolute Gasteiger partial charge is 0.410 e. The Bertz CT molecular complexity index is 773. The number of ether oxygens (including phenoxy) is 1. The van der Waals surface area contributed by atoms with E-state index in [1.54, 1.807) is 12.3 Å². The third kappa shape index (κ3) is 5.74. The van der Waals surface area contributed by atoms with Crippen LogP contribution in [0.4, 0.5) is 10.6 Å². The lowest BCUT2D eigenvalue weighted by atomic mass is 9.93. The number of benzene rings is 1. The summed E-state index contributed by atoms with van der Waals surface area (Å²) in [5.41, 5.74) is 8.76. The summed E-state index contributed by atoms with van der Waals surface area (Å²) in [6.45, 7) is 8.73. The average molecular weight is 357 g/mol. The number of nitrogens with zero attached hydrogens (tertiary/aromatic N) is 1. The average Bonchev–Trinajstić information content (AvgIpc) is 2.52. The van der Waals surface area contributed by atoms with Crippen LogP contribution in [-0.2, 0) is 0 Å². The van der Waals surface area contributed by atoms with Gasteiger partial charge in [-0.25, -0.2) is 9.78 Å². The molecule has 2 aromatic rings. The Morgan fingerprint density at radius 2 is 2.00 bits per heavy atom. The lowest BCUT2D eigenvalue weighted by molar-refractivity contribution is 0.206.